The molecule has 0 spiro atoms. The Balaban J connectivity index is 1.70. The third kappa shape index (κ3) is 3.73. The number of amides is 1. The third-order valence-electron chi connectivity index (χ3n) is 4.06. The molecule has 0 unspecified atom stereocenters. The van der Waals surface area contributed by atoms with Crippen LogP contribution in [0.25, 0.3) is 6.08 Å². The highest BCUT2D eigenvalue weighted by Crippen LogP contribution is 2.29. The SMILES string of the molecule is CC(C)Oc1ccc(/C=C2\N=C(c3ccccc3)N(c3nccs3)C2=O)cc1. The zero-order valence-corrected chi connectivity index (χ0v) is 16.4. The summed E-state index contributed by atoms with van der Waals surface area (Å²) in [7, 11) is 0. The van der Waals surface area contributed by atoms with Gasteiger partial charge in [0.2, 0.25) is 0 Å². The maximum atomic E-state index is 13.1. The van der Waals surface area contributed by atoms with Crippen LogP contribution in [-0.2, 0) is 4.79 Å². The van der Waals surface area contributed by atoms with Gasteiger partial charge < -0.3 is 4.74 Å². The largest absolute Gasteiger partial charge is 0.491 e. The summed E-state index contributed by atoms with van der Waals surface area (Å²) in [5, 5.41) is 2.46. The summed E-state index contributed by atoms with van der Waals surface area (Å²) in [5.41, 5.74) is 2.14. The summed E-state index contributed by atoms with van der Waals surface area (Å²) in [6.45, 7) is 3.97. The first-order valence-corrected chi connectivity index (χ1v) is 9.86. The Morgan fingerprint density at radius 1 is 1.07 bits per heavy atom. The molecule has 0 atom stereocenters. The van der Waals surface area contributed by atoms with Gasteiger partial charge in [0.25, 0.3) is 5.91 Å². The summed E-state index contributed by atoms with van der Waals surface area (Å²) >= 11 is 1.41. The molecule has 28 heavy (non-hydrogen) atoms. The first-order chi connectivity index (χ1) is 13.6. The van der Waals surface area contributed by atoms with Crippen molar-refractivity contribution in [3.63, 3.8) is 0 Å². The standard InChI is InChI=1S/C22H19N3O2S/c1-15(2)27-18-10-8-16(9-11-18)14-19-21(26)25(22-23-12-13-28-22)20(24-19)17-6-4-3-5-7-17/h3-15H,1-2H3/b19-14-. The van der Waals surface area contributed by atoms with E-state index in [0.29, 0.717) is 16.7 Å². The predicted molar refractivity (Wildman–Crippen MR) is 113 cm³/mol. The topological polar surface area (TPSA) is 54.8 Å². The van der Waals surface area contributed by atoms with Gasteiger partial charge in [0.1, 0.15) is 17.3 Å². The van der Waals surface area contributed by atoms with Crippen LogP contribution in [0.5, 0.6) is 5.75 Å². The molecule has 2 aromatic carbocycles. The minimum atomic E-state index is -0.184. The van der Waals surface area contributed by atoms with Crippen molar-refractivity contribution in [2.45, 2.75) is 20.0 Å². The molecule has 1 aromatic heterocycles. The highest BCUT2D eigenvalue weighted by atomic mass is 32.1. The van der Waals surface area contributed by atoms with Crippen molar-refractivity contribution in [3.05, 3.63) is 83.0 Å². The van der Waals surface area contributed by atoms with Gasteiger partial charge in [-0.1, -0.05) is 42.5 Å². The fourth-order valence-electron chi connectivity index (χ4n) is 2.87. The number of ether oxygens (including phenoxy) is 1. The number of nitrogens with zero attached hydrogens (tertiary/aromatic N) is 3. The molecule has 4 rings (SSSR count). The fraction of sp³-hybridized carbons (Fsp3) is 0.136. The molecule has 1 amide bonds. The first kappa shape index (κ1) is 18.1. The average Bonchev–Trinajstić information content (AvgIpc) is 3.32. The Labute approximate surface area is 167 Å². The zero-order chi connectivity index (χ0) is 19.5. The lowest BCUT2D eigenvalue weighted by Crippen LogP contribution is -2.32. The van der Waals surface area contributed by atoms with Crippen LogP contribution in [0.2, 0.25) is 0 Å². The van der Waals surface area contributed by atoms with Crippen LogP contribution < -0.4 is 9.64 Å². The van der Waals surface area contributed by atoms with E-state index < -0.39 is 0 Å². The van der Waals surface area contributed by atoms with Crippen molar-refractivity contribution in [1.29, 1.82) is 0 Å². The number of anilines is 1. The maximum Gasteiger partial charge on any atom is 0.284 e. The molecule has 0 aliphatic carbocycles. The number of carbonyl (C=O) groups is 1. The third-order valence-corrected chi connectivity index (χ3v) is 4.81. The molecule has 0 N–H and O–H groups in total. The number of carbonyl (C=O) groups excluding carboxylic acids is 1. The second-order valence-corrected chi connectivity index (χ2v) is 7.39. The summed E-state index contributed by atoms with van der Waals surface area (Å²) in [6, 6.07) is 17.3. The molecule has 0 saturated heterocycles. The van der Waals surface area contributed by atoms with E-state index >= 15 is 0 Å². The number of thiazole rings is 1. The van der Waals surface area contributed by atoms with Crippen molar-refractivity contribution in [3.8, 4) is 5.75 Å². The predicted octanol–water partition coefficient (Wildman–Crippen LogP) is 4.76. The van der Waals surface area contributed by atoms with Gasteiger partial charge in [-0.3, -0.25) is 4.79 Å². The Morgan fingerprint density at radius 3 is 2.46 bits per heavy atom. The Kier molecular flexibility index (Phi) is 5.04. The minimum absolute atomic E-state index is 0.116. The van der Waals surface area contributed by atoms with Crippen molar-refractivity contribution < 1.29 is 9.53 Å². The molecule has 1 aliphatic heterocycles. The molecular weight excluding hydrogens is 370 g/mol. The van der Waals surface area contributed by atoms with Gasteiger partial charge in [-0.05, 0) is 37.6 Å². The number of rotatable bonds is 5. The number of benzene rings is 2. The summed E-state index contributed by atoms with van der Waals surface area (Å²) in [6.07, 6.45) is 3.59. The number of aromatic nitrogens is 1. The average molecular weight is 389 g/mol. The van der Waals surface area contributed by atoms with E-state index in [4.69, 9.17) is 4.74 Å². The van der Waals surface area contributed by atoms with Crippen molar-refractivity contribution >= 4 is 34.3 Å². The van der Waals surface area contributed by atoms with Gasteiger partial charge in [0, 0.05) is 17.1 Å². The second-order valence-electron chi connectivity index (χ2n) is 6.52. The lowest BCUT2D eigenvalue weighted by molar-refractivity contribution is -0.113. The van der Waals surface area contributed by atoms with Crippen molar-refractivity contribution in [2.24, 2.45) is 4.99 Å². The molecule has 5 nitrogen and oxygen atoms in total. The first-order valence-electron chi connectivity index (χ1n) is 8.98. The van der Waals surface area contributed by atoms with Crippen LogP contribution in [-0.4, -0.2) is 22.8 Å². The van der Waals surface area contributed by atoms with Gasteiger partial charge in [-0.15, -0.1) is 11.3 Å². The van der Waals surface area contributed by atoms with Crippen LogP contribution in [0.15, 0.2) is 76.9 Å². The van der Waals surface area contributed by atoms with E-state index in [0.717, 1.165) is 16.9 Å². The number of aliphatic imine (C=N–C) groups is 1. The maximum absolute atomic E-state index is 13.1. The molecule has 0 radical (unpaired) electrons. The van der Waals surface area contributed by atoms with Gasteiger partial charge in [-0.25, -0.2) is 14.9 Å². The Morgan fingerprint density at radius 2 is 1.82 bits per heavy atom. The molecule has 2 heterocycles. The summed E-state index contributed by atoms with van der Waals surface area (Å²) in [4.78, 5) is 23.6. The molecule has 1 aliphatic rings. The molecular formula is C22H19N3O2S. The Hall–Kier alpha value is -3.25. The quantitative estimate of drug-likeness (QED) is 0.591. The zero-order valence-electron chi connectivity index (χ0n) is 15.6. The van der Waals surface area contributed by atoms with Crippen LogP contribution in [0.4, 0.5) is 5.13 Å². The van der Waals surface area contributed by atoms with E-state index in [2.05, 4.69) is 9.98 Å². The lowest BCUT2D eigenvalue weighted by atomic mass is 10.2. The molecule has 3 aromatic rings. The second kappa shape index (κ2) is 7.78. The normalized spacial score (nSPS) is 15.4. The molecule has 0 fully saturated rings. The van der Waals surface area contributed by atoms with Gasteiger partial charge >= 0.3 is 0 Å². The number of hydrogen-bond donors (Lipinski definition) is 0. The highest BCUT2D eigenvalue weighted by molar-refractivity contribution is 7.14. The number of hydrogen-bond acceptors (Lipinski definition) is 5. The van der Waals surface area contributed by atoms with E-state index in [1.54, 1.807) is 17.2 Å². The van der Waals surface area contributed by atoms with Gasteiger partial charge in [0.15, 0.2) is 5.13 Å². The van der Waals surface area contributed by atoms with Crippen molar-refractivity contribution in [1.82, 2.24) is 4.98 Å². The lowest BCUT2D eigenvalue weighted by Gasteiger charge is -2.14. The van der Waals surface area contributed by atoms with Crippen molar-refractivity contribution in [2.75, 3.05) is 4.90 Å². The minimum Gasteiger partial charge on any atom is -0.491 e. The Bertz CT molecular complexity index is 1020. The molecule has 6 heteroatoms. The monoisotopic (exact) mass is 389 g/mol. The van der Waals surface area contributed by atoms with Crippen LogP contribution in [0.1, 0.15) is 25.0 Å². The molecule has 140 valence electrons. The van der Waals surface area contributed by atoms with E-state index in [9.17, 15) is 4.79 Å². The van der Waals surface area contributed by atoms with Crippen LogP contribution in [0.3, 0.4) is 0 Å². The summed E-state index contributed by atoms with van der Waals surface area (Å²) in [5.74, 6) is 1.20. The summed E-state index contributed by atoms with van der Waals surface area (Å²) < 4.78 is 5.67. The van der Waals surface area contributed by atoms with E-state index in [-0.39, 0.29) is 12.0 Å². The van der Waals surface area contributed by atoms with Crippen LogP contribution >= 0.6 is 11.3 Å². The molecule has 0 saturated carbocycles. The smallest absolute Gasteiger partial charge is 0.284 e. The fourth-order valence-corrected chi connectivity index (χ4v) is 3.51. The van der Waals surface area contributed by atoms with E-state index in [1.807, 2.05) is 73.8 Å². The highest BCUT2D eigenvalue weighted by Gasteiger charge is 2.33. The van der Waals surface area contributed by atoms with E-state index in [1.165, 1.54) is 11.3 Å². The van der Waals surface area contributed by atoms with Crippen LogP contribution in [0, 0.1) is 0 Å². The molecule has 0 bridgehead atoms. The number of amidine groups is 1. The van der Waals surface area contributed by atoms with Gasteiger partial charge in [0.05, 0.1) is 6.10 Å². The van der Waals surface area contributed by atoms with Gasteiger partial charge in [-0.2, -0.15) is 0 Å².